The molecule has 28 heavy (non-hydrogen) atoms. The van der Waals surface area contributed by atoms with Crippen LogP contribution in [0.5, 0.6) is 5.75 Å². The van der Waals surface area contributed by atoms with Crippen LogP contribution in [0.2, 0.25) is 0 Å². The Morgan fingerprint density at radius 2 is 1.82 bits per heavy atom. The lowest BCUT2D eigenvalue weighted by Gasteiger charge is -2.54. The Balaban J connectivity index is 1.91. The highest BCUT2D eigenvalue weighted by atomic mass is 32.2. The number of amides is 1. The first-order valence-electron chi connectivity index (χ1n) is 9.61. The van der Waals surface area contributed by atoms with Crippen LogP contribution in [0.4, 0.5) is 0 Å². The van der Waals surface area contributed by atoms with Crippen molar-refractivity contribution < 1.29 is 9.90 Å². The summed E-state index contributed by atoms with van der Waals surface area (Å²) in [5.74, 6) is -0.804. The lowest BCUT2D eigenvalue weighted by atomic mass is 9.93. The predicted octanol–water partition coefficient (Wildman–Crippen LogP) is 2.95. The average Bonchev–Trinajstić information content (AvgIpc) is 2.68. The standard InChI is InChI=1S/C21H25N3O3S/c1-13(2)28-16-9-10-17-22(3)21(27)19-20(26)15(25)11-12-23(19)24(17)18(16)14-7-5-4-6-8-14/h4-8,11-13,16-18,26H,9-10H2,1-3H3/t16-,17-,18+/m0/s1. The third kappa shape index (κ3) is 2.98. The van der Waals surface area contributed by atoms with E-state index in [0.717, 1.165) is 18.4 Å². The maximum absolute atomic E-state index is 12.9. The maximum atomic E-state index is 12.9. The van der Waals surface area contributed by atoms with Crippen LogP contribution in [0.1, 0.15) is 48.8 Å². The van der Waals surface area contributed by atoms with E-state index in [1.807, 2.05) is 30.0 Å². The van der Waals surface area contributed by atoms with Gasteiger partial charge < -0.3 is 10.0 Å². The molecule has 0 aliphatic carbocycles. The van der Waals surface area contributed by atoms with Gasteiger partial charge in [-0.1, -0.05) is 44.2 Å². The Hall–Kier alpha value is -2.41. The van der Waals surface area contributed by atoms with E-state index in [-0.39, 0.29) is 23.8 Å². The minimum Gasteiger partial charge on any atom is -0.502 e. The van der Waals surface area contributed by atoms with Crippen molar-refractivity contribution in [1.82, 2.24) is 9.58 Å². The molecule has 2 aliphatic rings. The first kappa shape index (κ1) is 18.9. The molecule has 0 spiro atoms. The van der Waals surface area contributed by atoms with Gasteiger partial charge in [0.2, 0.25) is 5.43 Å². The quantitative estimate of drug-likeness (QED) is 0.860. The minimum atomic E-state index is -0.534. The summed E-state index contributed by atoms with van der Waals surface area (Å²) in [6.07, 6.45) is 3.31. The number of pyridine rings is 1. The number of hydrogen-bond donors (Lipinski definition) is 1. The van der Waals surface area contributed by atoms with Crippen molar-refractivity contribution in [3.63, 3.8) is 0 Å². The van der Waals surface area contributed by atoms with Crippen LogP contribution in [0.3, 0.4) is 0 Å². The van der Waals surface area contributed by atoms with Gasteiger partial charge >= 0.3 is 0 Å². The van der Waals surface area contributed by atoms with E-state index in [9.17, 15) is 14.7 Å². The van der Waals surface area contributed by atoms with Gasteiger partial charge in [0.25, 0.3) is 5.91 Å². The molecule has 0 radical (unpaired) electrons. The van der Waals surface area contributed by atoms with Crippen LogP contribution < -0.4 is 10.4 Å². The second-order valence-electron chi connectivity index (χ2n) is 7.65. The normalized spacial score (nSPS) is 24.3. The van der Waals surface area contributed by atoms with Crippen LogP contribution in [0, 0.1) is 0 Å². The van der Waals surface area contributed by atoms with Crippen molar-refractivity contribution in [3.05, 3.63) is 64.1 Å². The Labute approximate surface area is 168 Å². The number of carbonyl (C=O) groups excluding carboxylic acids is 1. The number of rotatable bonds is 3. The van der Waals surface area contributed by atoms with E-state index in [2.05, 4.69) is 31.0 Å². The van der Waals surface area contributed by atoms with E-state index in [1.54, 1.807) is 22.8 Å². The summed E-state index contributed by atoms with van der Waals surface area (Å²) in [5, 5.41) is 13.3. The molecule has 1 aromatic heterocycles. The predicted molar refractivity (Wildman–Crippen MR) is 111 cm³/mol. The highest BCUT2D eigenvalue weighted by Gasteiger charge is 2.46. The summed E-state index contributed by atoms with van der Waals surface area (Å²) in [6, 6.07) is 11.6. The van der Waals surface area contributed by atoms with Crippen LogP contribution in [0.15, 0.2) is 47.4 Å². The molecule has 1 saturated heterocycles. The molecule has 1 aromatic carbocycles. The van der Waals surface area contributed by atoms with Gasteiger partial charge in [0, 0.05) is 24.6 Å². The topological polar surface area (TPSA) is 65.8 Å². The minimum absolute atomic E-state index is 0.0172. The van der Waals surface area contributed by atoms with Crippen LogP contribution in [-0.2, 0) is 0 Å². The van der Waals surface area contributed by atoms with Gasteiger partial charge in [0.1, 0.15) is 6.17 Å². The van der Waals surface area contributed by atoms with Gasteiger partial charge in [-0.25, -0.2) is 0 Å². The van der Waals surface area contributed by atoms with Crippen molar-refractivity contribution in [2.24, 2.45) is 0 Å². The molecule has 2 aromatic rings. The molecule has 0 bridgehead atoms. The molecule has 2 aliphatic heterocycles. The first-order valence-corrected chi connectivity index (χ1v) is 10.5. The van der Waals surface area contributed by atoms with Crippen molar-refractivity contribution in [2.75, 3.05) is 12.1 Å². The number of aromatic hydroxyl groups is 1. The zero-order valence-corrected chi connectivity index (χ0v) is 17.1. The van der Waals surface area contributed by atoms with Gasteiger partial charge in [-0.2, -0.15) is 11.8 Å². The molecule has 3 heterocycles. The molecule has 0 unspecified atom stereocenters. The van der Waals surface area contributed by atoms with Gasteiger partial charge in [0.05, 0.1) is 6.04 Å². The highest BCUT2D eigenvalue weighted by molar-refractivity contribution is 8.00. The summed E-state index contributed by atoms with van der Waals surface area (Å²) < 4.78 is 1.70. The third-order valence-electron chi connectivity index (χ3n) is 5.51. The number of piperidine rings is 1. The van der Waals surface area contributed by atoms with E-state index in [1.165, 1.54) is 6.07 Å². The molecule has 1 N–H and O–H groups in total. The van der Waals surface area contributed by atoms with E-state index in [0.29, 0.717) is 10.5 Å². The molecule has 3 atom stereocenters. The number of thioether (sulfide) groups is 1. The maximum Gasteiger partial charge on any atom is 0.277 e. The van der Waals surface area contributed by atoms with Gasteiger partial charge in [-0.3, -0.25) is 19.3 Å². The Morgan fingerprint density at radius 1 is 1.11 bits per heavy atom. The lowest BCUT2D eigenvalue weighted by molar-refractivity contribution is 0.0557. The monoisotopic (exact) mass is 399 g/mol. The van der Waals surface area contributed by atoms with Crippen molar-refractivity contribution >= 4 is 17.7 Å². The number of aromatic nitrogens is 1. The fourth-order valence-electron chi connectivity index (χ4n) is 4.33. The van der Waals surface area contributed by atoms with Gasteiger partial charge in [0.15, 0.2) is 11.4 Å². The zero-order chi connectivity index (χ0) is 20.0. The fraction of sp³-hybridized carbons (Fsp3) is 0.429. The third-order valence-corrected chi connectivity index (χ3v) is 6.90. The smallest absolute Gasteiger partial charge is 0.277 e. The highest BCUT2D eigenvalue weighted by Crippen LogP contribution is 2.44. The molecule has 6 nitrogen and oxygen atoms in total. The van der Waals surface area contributed by atoms with E-state index in [4.69, 9.17) is 0 Å². The Bertz CT molecular complexity index is 944. The van der Waals surface area contributed by atoms with Crippen molar-refractivity contribution in [3.8, 4) is 5.75 Å². The number of carbonyl (C=O) groups is 1. The number of nitrogens with zero attached hydrogens (tertiary/aromatic N) is 3. The molecule has 7 heteroatoms. The molecule has 148 valence electrons. The molecule has 1 amide bonds. The fourth-order valence-corrected chi connectivity index (χ4v) is 5.73. The average molecular weight is 400 g/mol. The van der Waals surface area contributed by atoms with Crippen molar-refractivity contribution in [1.29, 1.82) is 0 Å². The van der Waals surface area contributed by atoms with E-state index >= 15 is 0 Å². The number of benzene rings is 1. The molecule has 0 saturated carbocycles. The van der Waals surface area contributed by atoms with Crippen LogP contribution in [0.25, 0.3) is 0 Å². The second-order valence-corrected chi connectivity index (χ2v) is 9.48. The SMILES string of the molecule is CC(C)S[C@H]1CC[C@H]2N(C)C(=O)c3c(O)c(=O)ccn3N2[C@@H]1c1ccccc1. The summed E-state index contributed by atoms with van der Waals surface area (Å²) in [6.45, 7) is 4.39. The lowest BCUT2D eigenvalue weighted by Crippen LogP contribution is -2.64. The number of hydrogen-bond acceptors (Lipinski definition) is 5. The molecule has 1 fully saturated rings. The summed E-state index contributed by atoms with van der Waals surface area (Å²) in [4.78, 5) is 26.6. The summed E-state index contributed by atoms with van der Waals surface area (Å²) in [5.41, 5.74) is 0.674. The van der Waals surface area contributed by atoms with Crippen molar-refractivity contribution in [2.45, 2.75) is 49.4 Å². The van der Waals surface area contributed by atoms with Gasteiger partial charge in [-0.05, 0) is 23.7 Å². The largest absolute Gasteiger partial charge is 0.502 e. The number of fused-ring (bicyclic) bond motifs is 3. The molecular formula is C21H25N3O3S. The Morgan fingerprint density at radius 3 is 2.50 bits per heavy atom. The van der Waals surface area contributed by atoms with Crippen LogP contribution in [-0.4, -0.2) is 44.3 Å². The zero-order valence-electron chi connectivity index (χ0n) is 16.3. The van der Waals surface area contributed by atoms with Crippen LogP contribution >= 0.6 is 11.8 Å². The van der Waals surface area contributed by atoms with E-state index < -0.39 is 11.2 Å². The first-order chi connectivity index (χ1) is 13.4. The summed E-state index contributed by atoms with van der Waals surface area (Å²) in [7, 11) is 1.75. The molecule has 4 rings (SSSR count). The second kappa shape index (κ2) is 7.20. The summed E-state index contributed by atoms with van der Waals surface area (Å²) >= 11 is 1.94. The van der Waals surface area contributed by atoms with Gasteiger partial charge in [-0.15, -0.1) is 0 Å². The molecular weight excluding hydrogens is 374 g/mol. The Kier molecular flexibility index (Phi) is 4.87.